The van der Waals surface area contributed by atoms with E-state index in [0.717, 1.165) is 41.7 Å². The first-order valence-electron chi connectivity index (χ1n) is 12.2. The molecule has 158 valence electrons. The summed E-state index contributed by atoms with van der Waals surface area (Å²) in [6, 6.07) is 2.91. The molecule has 0 aromatic carbocycles. The highest BCUT2D eigenvalue weighted by Crippen LogP contribution is 2.32. The van der Waals surface area contributed by atoms with Crippen LogP contribution in [0.1, 0.15) is 86.0 Å². The Labute approximate surface area is 169 Å². The van der Waals surface area contributed by atoms with Gasteiger partial charge >= 0.3 is 0 Å². The van der Waals surface area contributed by atoms with Gasteiger partial charge in [0.15, 0.2) is 0 Å². The Bertz CT molecular complexity index is 427. The summed E-state index contributed by atoms with van der Waals surface area (Å²) < 4.78 is 0. The van der Waals surface area contributed by atoms with Gasteiger partial charge in [-0.2, -0.15) is 0 Å². The smallest absolute Gasteiger partial charge is 0.0223 e. The van der Waals surface area contributed by atoms with Crippen molar-refractivity contribution in [2.75, 3.05) is 13.1 Å². The largest absolute Gasteiger partial charge is 0.312 e. The molecule has 3 fully saturated rings. The zero-order valence-electron chi connectivity index (χ0n) is 18.8. The predicted octanol–water partition coefficient (Wildman–Crippen LogP) is 4.57. The Morgan fingerprint density at radius 3 is 2.26 bits per heavy atom. The van der Waals surface area contributed by atoms with E-state index in [1.807, 2.05) is 0 Å². The van der Waals surface area contributed by atoms with Crippen LogP contribution in [0.4, 0.5) is 0 Å². The first-order chi connectivity index (χ1) is 12.9. The molecule has 0 spiro atoms. The van der Waals surface area contributed by atoms with Crippen LogP contribution in [0, 0.1) is 29.6 Å². The number of hydrogen-bond donors (Lipinski definition) is 3. The third-order valence-corrected chi connectivity index (χ3v) is 8.18. The van der Waals surface area contributed by atoms with E-state index in [0.29, 0.717) is 12.1 Å². The molecular formula is C24H47N3. The highest BCUT2D eigenvalue weighted by atomic mass is 15.0. The third-order valence-electron chi connectivity index (χ3n) is 8.18. The molecule has 7 unspecified atom stereocenters. The maximum Gasteiger partial charge on any atom is 0.0223 e. The number of hydrogen-bond acceptors (Lipinski definition) is 3. The monoisotopic (exact) mass is 377 g/mol. The van der Waals surface area contributed by atoms with Gasteiger partial charge in [0.1, 0.15) is 0 Å². The lowest BCUT2D eigenvalue weighted by molar-refractivity contribution is 0.152. The second-order valence-corrected chi connectivity index (χ2v) is 10.8. The van der Waals surface area contributed by atoms with Gasteiger partial charge in [-0.05, 0) is 87.6 Å². The Kier molecular flexibility index (Phi) is 8.05. The van der Waals surface area contributed by atoms with Crippen LogP contribution in [-0.4, -0.2) is 37.3 Å². The van der Waals surface area contributed by atoms with E-state index in [1.165, 1.54) is 64.5 Å². The van der Waals surface area contributed by atoms with Crippen molar-refractivity contribution in [3.63, 3.8) is 0 Å². The van der Waals surface area contributed by atoms with E-state index in [9.17, 15) is 0 Å². The third kappa shape index (κ3) is 5.93. The Hall–Kier alpha value is -0.120. The molecule has 0 saturated carbocycles. The molecule has 3 heteroatoms. The SMILES string of the molecule is CC(C)C1CCNC(C2CCC(C(C)CC3CCCC(C(C)C)N3)CN2)C1. The van der Waals surface area contributed by atoms with E-state index in [2.05, 4.69) is 50.6 Å². The van der Waals surface area contributed by atoms with Crippen molar-refractivity contribution in [1.29, 1.82) is 0 Å². The Morgan fingerprint density at radius 1 is 0.778 bits per heavy atom. The van der Waals surface area contributed by atoms with Crippen LogP contribution in [0.25, 0.3) is 0 Å². The average Bonchev–Trinajstić information content (AvgIpc) is 2.68. The molecule has 0 aromatic heterocycles. The molecule has 0 radical (unpaired) electrons. The standard InChI is InChI=1S/C24H47N3/c1-16(2)19-11-12-25-24(14-19)23-10-9-20(15-26-23)18(5)13-21-7-6-8-22(27-21)17(3)4/h16-27H,6-15H2,1-5H3. The van der Waals surface area contributed by atoms with Gasteiger partial charge in [-0.3, -0.25) is 0 Å². The first-order valence-corrected chi connectivity index (χ1v) is 12.2. The zero-order chi connectivity index (χ0) is 19.4. The van der Waals surface area contributed by atoms with Gasteiger partial charge in [0.05, 0.1) is 0 Å². The van der Waals surface area contributed by atoms with Crippen molar-refractivity contribution >= 4 is 0 Å². The number of nitrogens with one attached hydrogen (secondary N) is 3. The molecule has 3 nitrogen and oxygen atoms in total. The lowest BCUT2D eigenvalue weighted by Gasteiger charge is -2.42. The summed E-state index contributed by atoms with van der Waals surface area (Å²) >= 11 is 0. The van der Waals surface area contributed by atoms with E-state index in [-0.39, 0.29) is 0 Å². The molecule has 3 heterocycles. The molecule has 0 aliphatic carbocycles. The van der Waals surface area contributed by atoms with Crippen LogP contribution in [0.15, 0.2) is 0 Å². The summed E-state index contributed by atoms with van der Waals surface area (Å²) in [4.78, 5) is 0. The lowest BCUT2D eigenvalue weighted by atomic mass is 9.76. The molecule has 7 atom stereocenters. The molecular weight excluding hydrogens is 330 g/mol. The molecule has 0 aromatic rings. The molecule has 27 heavy (non-hydrogen) atoms. The van der Waals surface area contributed by atoms with Gasteiger partial charge in [-0.15, -0.1) is 0 Å². The summed E-state index contributed by atoms with van der Waals surface area (Å²) in [5.74, 6) is 4.24. The highest BCUT2D eigenvalue weighted by Gasteiger charge is 2.34. The topological polar surface area (TPSA) is 36.1 Å². The quantitative estimate of drug-likeness (QED) is 0.634. The van der Waals surface area contributed by atoms with Crippen LogP contribution in [0.3, 0.4) is 0 Å². The van der Waals surface area contributed by atoms with Crippen molar-refractivity contribution < 1.29 is 0 Å². The highest BCUT2D eigenvalue weighted by molar-refractivity contribution is 4.93. The normalized spacial score (nSPS) is 39.7. The van der Waals surface area contributed by atoms with E-state index < -0.39 is 0 Å². The van der Waals surface area contributed by atoms with Crippen LogP contribution >= 0.6 is 0 Å². The van der Waals surface area contributed by atoms with Crippen LogP contribution in [-0.2, 0) is 0 Å². The fourth-order valence-corrected chi connectivity index (χ4v) is 6.03. The van der Waals surface area contributed by atoms with E-state index in [4.69, 9.17) is 0 Å². The Morgan fingerprint density at radius 2 is 1.59 bits per heavy atom. The van der Waals surface area contributed by atoms with Crippen molar-refractivity contribution in [3.8, 4) is 0 Å². The first kappa shape index (κ1) is 21.6. The number of rotatable bonds is 6. The van der Waals surface area contributed by atoms with Crippen molar-refractivity contribution in [2.24, 2.45) is 29.6 Å². The van der Waals surface area contributed by atoms with Gasteiger partial charge in [-0.1, -0.05) is 41.0 Å². The van der Waals surface area contributed by atoms with Gasteiger partial charge < -0.3 is 16.0 Å². The van der Waals surface area contributed by atoms with Gasteiger partial charge in [0.25, 0.3) is 0 Å². The van der Waals surface area contributed by atoms with Crippen molar-refractivity contribution in [2.45, 2.75) is 110 Å². The lowest BCUT2D eigenvalue weighted by Crippen LogP contribution is -2.55. The molecule has 3 saturated heterocycles. The summed E-state index contributed by atoms with van der Waals surface area (Å²) in [7, 11) is 0. The van der Waals surface area contributed by atoms with Gasteiger partial charge in [0.2, 0.25) is 0 Å². The fraction of sp³-hybridized carbons (Fsp3) is 1.00. The molecule has 0 amide bonds. The maximum absolute atomic E-state index is 3.97. The van der Waals surface area contributed by atoms with E-state index in [1.54, 1.807) is 0 Å². The van der Waals surface area contributed by atoms with Crippen LogP contribution < -0.4 is 16.0 Å². The minimum absolute atomic E-state index is 0.702. The van der Waals surface area contributed by atoms with E-state index >= 15 is 0 Å². The summed E-state index contributed by atoms with van der Waals surface area (Å²) in [6.07, 6.45) is 11.1. The minimum atomic E-state index is 0.702. The molecule has 0 bridgehead atoms. The second-order valence-electron chi connectivity index (χ2n) is 10.8. The Balaban J connectivity index is 1.42. The summed E-state index contributed by atoms with van der Waals surface area (Å²) in [6.45, 7) is 14.5. The van der Waals surface area contributed by atoms with Crippen molar-refractivity contribution in [1.82, 2.24) is 16.0 Å². The summed E-state index contributed by atoms with van der Waals surface area (Å²) in [5.41, 5.74) is 0. The molecule has 3 aliphatic heterocycles. The molecule has 3 N–H and O–H groups in total. The van der Waals surface area contributed by atoms with Crippen LogP contribution in [0.5, 0.6) is 0 Å². The fourth-order valence-electron chi connectivity index (χ4n) is 6.03. The van der Waals surface area contributed by atoms with Crippen LogP contribution in [0.2, 0.25) is 0 Å². The minimum Gasteiger partial charge on any atom is -0.312 e. The van der Waals surface area contributed by atoms with Gasteiger partial charge in [0, 0.05) is 24.2 Å². The average molecular weight is 378 g/mol. The molecule has 3 rings (SSSR count). The second kappa shape index (κ2) is 10.1. The van der Waals surface area contributed by atoms with Crippen molar-refractivity contribution in [3.05, 3.63) is 0 Å². The predicted molar refractivity (Wildman–Crippen MR) is 117 cm³/mol. The molecule has 3 aliphatic rings. The van der Waals surface area contributed by atoms with Gasteiger partial charge in [-0.25, -0.2) is 0 Å². The maximum atomic E-state index is 3.97. The zero-order valence-corrected chi connectivity index (χ0v) is 18.8. The number of piperidine rings is 3. The summed E-state index contributed by atoms with van der Waals surface area (Å²) in [5, 5.41) is 11.8.